The Balaban J connectivity index is 0.000000304. The zero-order valence-corrected chi connectivity index (χ0v) is 9.09. The van der Waals surface area contributed by atoms with E-state index in [-0.39, 0.29) is 18.7 Å². The molecule has 0 radical (unpaired) electrons. The fourth-order valence-electron chi connectivity index (χ4n) is 0.832. The molecule has 1 rings (SSSR count). The van der Waals surface area contributed by atoms with Crippen LogP contribution in [0.1, 0.15) is 18.4 Å². The van der Waals surface area contributed by atoms with Crippen molar-refractivity contribution in [1.29, 1.82) is 5.41 Å². The highest BCUT2D eigenvalue weighted by Gasteiger charge is 2.00. The first kappa shape index (κ1) is 14.6. The summed E-state index contributed by atoms with van der Waals surface area (Å²) in [5.74, 6) is -2.03. The molecule has 92 valence electrons. The number of carboxylic acid groups (broad SMARTS) is 2. The van der Waals surface area contributed by atoms with Crippen LogP contribution >= 0.6 is 0 Å². The van der Waals surface area contributed by atoms with Crippen LogP contribution in [-0.2, 0) is 9.59 Å². The molecular formula is C11H14N2O4. The molecule has 1 aromatic carbocycles. The van der Waals surface area contributed by atoms with Crippen LogP contribution in [0.4, 0.5) is 0 Å². The van der Waals surface area contributed by atoms with Gasteiger partial charge in [0.1, 0.15) is 5.84 Å². The summed E-state index contributed by atoms with van der Waals surface area (Å²) in [6.45, 7) is 0. The average molecular weight is 238 g/mol. The van der Waals surface area contributed by atoms with E-state index in [0.29, 0.717) is 0 Å². The monoisotopic (exact) mass is 238 g/mol. The van der Waals surface area contributed by atoms with Gasteiger partial charge >= 0.3 is 11.9 Å². The van der Waals surface area contributed by atoms with Crippen LogP contribution in [0.3, 0.4) is 0 Å². The summed E-state index contributed by atoms with van der Waals surface area (Å²) in [4.78, 5) is 19.3. The standard InChI is InChI=1S/C7H8N2.C4H6O4/c8-7(9)6-4-2-1-3-5-6;5-3(6)1-2-4(7)8/h1-5H,(H3,8,9);1-2H2,(H,5,6)(H,7,8). The van der Waals surface area contributed by atoms with Gasteiger partial charge in [0.15, 0.2) is 0 Å². The number of rotatable bonds is 4. The third-order valence-corrected chi connectivity index (χ3v) is 1.64. The zero-order valence-electron chi connectivity index (χ0n) is 9.09. The molecule has 0 aliphatic carbocycles. The predicted molar refractivity (Wildman–Crippen MR) is 62.0 cm³/mol. The van der Waals surface area contributed by atoms with Crippen molar-refractivity contribution in [2.24, 2.45) is 5.73 Å². The van der Waals surface area contributed by atoms with E-state index in [0.717, 1.165) is 5.56 Å². The van der Waals surface area contributed by atoms with E-state index in [4.69, 9.17) is 21.4 Å². The van der Waals surface area contributed by atoms with E-state index in [1.807, 2.05) is 30.3 Å². The molecule has 0 saturated heterocycles. The smallest absolute Gasteiger partial charge is 0.303 e. The maximum atomic E-state index is 9.64. The quantitative estimate of drug-likeness (QED) is 0.458. The fourth-order valence-corrected chi connectivity index (χ4v) is 0.832. The number of benzene rings is 1. The van der Waals surface area contributed by atoms with Crippen LogP contribution < -0.4 is 5.73 Å². The second-order valence-electron chi connectivity index (χ2n) is 3.07. The Hall–Kier alpha value is -2.37. The summed E-state index contributed by atoms with van der Waals surface area (Å²) in [5.41, 5.74) is 5.97. The number of hydrogen-bond donors (Lipinski definition) is 4. The lowest BCUT2D eigenvalue weighted by Crippen LogP contribution is -2.10. The molecule has 0 saturated carbocycles. The summed E-state index contributed by atoms with van der Waals surface area (Å²) in [7, 11) is 0. The van der Waals surface area contributed by atoms with E-state index < -0.39 is 11.9 Å². The third-order valence-electron chi connectivity index (χ3n) is 1.64. The average Bonchev–Trinajstić information content (AvgIpc) is 2.28. The van der Waals surface area contributed by atoms with Crippen LogP contribution in [0.5, 0.6) is 0 Å². The molecule has 0 bridgehead atoms. The van der Waals surface area contributed by atoms with Gasteiger partial charge in [-0.25, -0.2) is 0 Å². The van der Waals surface area contributed by atoms with E-state index >= 15 is 0 Å². The van der Waals surface area contributed by atoms with Crippen LogP contribution in [0.15, 0.2) is 30.3 Å². The first-order valence-electron chi connectivity index (χ1n) is 4.76. The highest BCUT2D eigenvalue weighted by Crippen LogP contribution is 1.94. The summed E-state index contributed by atoms with van der Waals surface area (Å²) >= 11 is 0. The van der Waals surface area contributed by atoms with Crippen molar-refractivity contribution in [2.75, 3.05) is 0 Å². The third kappa shape index (κ3) is 8.61. The number of nitrogens with one attached hydrogen (secondary N) is 1. The van der Waals surface area contributed by atoms with Crippen molar-refractivity contribution < 1.29 is 19.8 Å². The molecule has 0 heterocycles. The summed E-state index contributed by atoms with van der Waals surface area (Å²) in [6.07, 6.45) is -0.593. The Morgan fingerprint density at radius 3 is 1.71 bits per heavy atom. The van der Waals surface area contributed by atoms with Gasteiger partial charge in [0.2, 0.25) is 0 Å². The molecule has 0 aliphatic rings. The molecule has 0 amide bonds. The molecule has 5 N–H and O–H groups in total. The van der Waals surface area contributed by atoms with Crippen molar-refractivity contribution in [3.63, 3.8) is 0 Å². The van der Waals surface area contributed by atoms with Gasteiger partial charge in [-0.05, 0) is 0 Å². The molecule has 17 heavy (non-hydrogen) atoms. The van der Waals surface area contributed by atoms with E-state index in [9.17, 15) is 9.59 Å². The van der Waals surface area contributed by atoms with Crippen molar-refractivity contribution >= 4 is 17.8 Å². The molecule has 0 fully saturated rings. The minimum absolute atomic E-state index is 0.121. The fraction of sp³-hybridized carbons (Fsp3) is 0.182. The largest absolute Gasteiger partial charge is 0.481 e. The number of amidine groups is 1. The topological polar surface area (TPSA) is 124 Å². The Kier molecular flexibility index (Phi) is 6.77. The first-order valence-corrected chi connectivity index (χ1v) is 4.76. The highest BCUT2D eigenvalue weighted by molar-refractivity contribution is 5.94. The SMILES string of the molecule is N=C(N)c1ccccc1.O=C(O)CCC(=O)O. The number of carbonyl (C=O) groups is 2. The highest BCUT2D eigenvalue weighted by atomic mass is 16.4. The first-order chi connectivity index (χ1) is 7.93. The molecular weight excluding hydrogens is 224 g/mol. The van der Waals surface area contributed by atoms with Crippen LogP contribution in [0.25, 0.3) is 0 Å². The molecule has 0 spiro atoms. The number of nitrogens with two attached hydrogens (primary N) is 1. The van der Waals surface area contributed by atoms with Gasteiger partial charge in [0.25, 0.3) is 0 Å². The summed E-state index contributed by atoms with van der Waals surface area (Å²) < 4.78 is 0. The number of nitrogen functional groups attached to an aromatic ring is 1. The molecule has 1 aromatic rings. The normalized spacial score (nSPS) is 8.71. The van der Waals surface area contributed by atoms with Crippen LogP contribution in [-0.4, -0.2) is 28.0 Å². The van der Waals surface area contributed by atoms with Gasteiger partial charge < -0.3 is 15.9 Å². The molecule has 0 unspecified atom stereocenters. The van der Waals surface area contributed by atoms with Crippen molar-refractivity contribution in [3.8, 4) is 0 Å². The molecule has 0 aliphatic heterocycles. The molecule has 6 heteroatoms. The second-order valence-corrected chi connectivity index (χ2v) is 3.07. The number of aliphatic carboxylic acids is 2. The van der Waals surface area contributed by atoms with E-state index in [1.54, 1.807) is 0 Å². The van der Waals surface area contributed by atoms with Gasteiger partial charge in [0, 0.05) is 5.56 Å². The van der Waals surface area contributed by atoms with Crippen LogP contribution in [0.2, 0.25) is 0 Å². The Morgan fingerprint density at radius 1 is 1.06 bits per heavy atom. The molecule has 0 atom stereocenters. The van der Waals surface area contributed by atoms with Crippen molar-refractivity contribution in [1.82, 2.24) is 0 Å². The van der Waals surface area contributed by atoms with Gasteiger partial charge in [-0.15, -0.1) is 0 Å². The van der Waals surface area contributed by atoms with E-state index in [1.165, 1.54) is 0 Å². The van der Waals surface area contributed by atoms with Gasteiger partial charge in [-0.2, -0.15) is 0 Å². The number of carboxylic acids is 2. The van der Waals surface area contributed by atoms with Crippen molar-refractivity contribution in [2.45, 2.75) is 12.8 Å². The van der Waals surface area contributed by atoms with Crippen LogP contribution in [0, 0.1) is 5.41 Å². The number of hydrogen-bond acceptors (Lipinski definition) is 3. The lowest BCUT2D eigenvalue weighted by molar-refractivity contribution is -0.143. The van der Waals surface area contributed by atoms with Gasteiger partial charge in [0.05, 0.1) is 12.8 Å². The minimum Gasteiger partial charge on any atom is -0.481 e. The van der Waals surface area contributed by atoms with Gasteiger partial charge in [-0.3, -0.25) is 15.0 Å². The maximum Gasteiger partial charge on any atom is 0.303 e. The zero-order chi connectivity index (χ0) is 13.3. The summed E-state index contributed by atoms with van der Waals surface area (Å²) in [5, 5.41) is 22.8. The van der Waals surface area contributed by atoms with Crippen molar-refractivity contribution in [3.05, 3.63) is 35.9 Å². The minimum atomic E-state index is -1.08. The Labute approximate surface area is 98.2 Å². The molecule has 6 nitrogen and oxygen atoms in total. The Morgan fingerprint density at radius 2 is 1.47 bits per heavy atom. The lowest BCUT2D eigenvalue weighted by Gasteiger charge is -1.93. The lowest BCUT2D eigenvalue weighted by atomic mass is 10.2. The van der Waals surface area contributed by atoms with Gasteiger partial charge in [-0.1, -0.05) is 30.3 Å². The maximum absolute atomic E-state index is 9.64. The summed E-state index contributed by atoms with van der Waals surface area (Å²) in [6, 6.07) is 9.23. The second kappa shape index (κ2) is 7.86. The van der Waals surface area contributed by atoms with E-state index in [2.05, 4.69) is 0 Å². The Bertz CT molecular complexity index is 376. The molecule has 0 aromatic heterocycles. The predicted octanol–water partition coefficient (Wildman–Crippen LogP) is 0.906.